The van der Waals surface area contributed by atoms with E-state index < -0.39 is 0 Å². The van der Waals surface area contributed by atoms with Gasteiger partial charge in [0.2, 0.25) is 0 Å². The van der Waals surface area contributed by atoms with Gasteiger partial charge in [0.25, 0.3) is 0 Å². The lowest BCUT2D eigenvalue weighted by molar-refractivity contribution is 0.297. The molecule has 3 N–H and O–H groups in total. The van der Waals surface area contributed by atoms with Gasteiger partial charge in [-0.1, -0.05) is 13.8 Å². The highest BCUT2D eigenvalue weighted by Gasteiger charge is 2.06. The van der Waals surface area contributed by atoms with Gasteiger partial charge in [0.1, 0.15) is 11.5 Å². The van der Waals surface area contributed by atoms with Crippen molar-refractivity contribution in [3.63, 3.8) is 0 Å². The van der Waals surface area contributed by atoms with Crippen molar-refractivity contribution < 1.29 is 9.47 Å². The third-order valence-corrected chi connectivity index (χ3v) is 3.35. The largest absolute Gasteiger partial charge is 0.497 e. The van der Waals surface area contributed by atoms with Crippen LogP contribution in [0.25, 0.3) is 0 Å². The highest BCUT2D eigenvalue weighted by Crippen LogP contribution is 2.28. The molecule has 6 nitrogen and oxygen atoms in total. The van der Waals surface area contributed by atoms with Crippen LogP contribution in [0.1, 0.15) is 20.3 Å². The standard InChI is InChI=1S/C16H28N4O2/c1-5-10-20(6-2)11-9-18-16(17)19-14-12-13(21-3)7-8-15(14)22-4/h7-8,12H,5-6,9-11H2,1-4H3,(H3,17,18,19). The summed E-state index contributed by atoms with van der Waals surface area (Å²) >= 11 is 0. The second kappa shape index (κ2) is 9.89. The first-order valence-corrected chi connectivity index (χ1v) is 7.65. The summed E-state index contributed by atoms with van der Waals surface area (Å²) in [5.74, 6) is 1.80. The molecule has 0 amide bonds. The zero-order chi connectivity index (χ0) is 16.4. The summed E-state index contributed by atoms with van der Waals surface area (Å²) in [6.07, 6.45) is 1.15. The van der Waals surface area contributed by atoms with Gasteiger partial charge in [0.15, 0.2) is 5.96 Å². The Morgan fingerprint density at radius 3 is 2.59 bits per heavy atom. The lowest BCUT2D eigenvalue weighted by Crippen LogP contribution is -2.29. The van der Waals surface area contributed by atoms with E-state index in [0.717, 1.165) is 37.5 Å². The number of nitrogens with two attached hydrogens (primary N) is 1. The highest BCUT2D eigenvalue weighted by atomic mass is 16.5. The molecule has 0 fully saturated rings. The van der Waals surface area contributed by atoms with E-state index in [-0.39, 0.29) is 0 Å². The van der Waals surface area contributed by atoms with Crippen LogP contribution in [-0.4, -0.2) is 51.3 Å². The van der Waals surface area contributed by atoms with Crippen LogP contribution in [0.15, 0.2) is 23.2 Å². The molecule has 0 aliphatic heterocycles. The van der Waals surface area contributed by atoms with E-state index in [4.69, 9.17) is 15.2 Å². The Kier molecular flexibility index (Phi) is 8.14. The van der Waals surface area contributed by atoms with Gasteiger partial charge in [0, 0.05) is 12.6 Å². The van der Waals surface area contributed by atoms with Crippen molar-refractivity contribution in [2.24, 2.45) is 10.7 Å². The first kappa shape index (κ1) is 18.1. The normalized spacial score (nSPS) is 11.6. The summed E-state index contributed by atoms with van der Waals surface area (Å²) in [7, 11) is 3.24. The van der Waals surface area contributed by atoms with E-state index in [1.54, 1.807) is 14.2 Å². The van der Waals surface area contributed by atoms with Crippen molar-refractivity contribution in [1.29, 1.82) is 0 Å². The maximum absolute atomic E-state index is 5.95. The summed E-state index contributed by atoms with van der Waals surface area (Å²) in [5.41, 5.74) is 6.69. The van der Waals surface area contributed by atoms with E-state index in [1.807, 2.05) is 18.2 Å². The van der Waals surface area contributed by atoms with Gasteiger partial charge in [-0.25, -0.2) is 0 Å². The summed E-state index contributed by atoms with van der Waals surface area (Å²) in [4.78, 5) is 6.72. The van der Waals surface area contributed by atoms with Crippen molar-refractivity contribution in [2.75, 3.05) is 45.7 Å². The number of hydrogen-bond donors (Lipinski definition) is 2. The third-order valence-electron chi connectivity index (χ3n) is 3.35. The average molecular weight is 308 g/mol. The van der Waals surface area contributed by atoms with Crippen LogP contribution in [0.5, 0.6) is 11.5 Å². The molecule has 6 heteroatoms. The van der Waals surface area contributed by atoms with Gasteiger partial charge in [-0.05, 0) is 31.6 Å². The van der Waals surface area contributed by atoms with Gasteiger partial charge in [-0.3, -0.25) is 4.99 Å². The fraction of sp³-hybridized carbons (Fsp3) is 0.562. The van der Waals surface area contributed by atoms with E-state index in [1.165, 1.54) is 0 Å². The summed E-state index contributed by atoms with van der Waals surface area (Å²) in [6.45, 7) is 8.02. The second-order valence-corrected chi connectivity index (χ2v) is 4.89. The maximum Gasteiger partial charge on any atom is 0.193 e. The Labute approximate surface area is 133 Å². The lowest BCUT2D eigenvalue weighted by Gasteiger charge is -2.18. The third kappa shape index (κ3) is 5.81. The first-order chi connectivity index (χ1) is 10.6. The minimum Gasteiger partial charge on any atom is -0.497 e. The molecule has 0 unspecified atom stereocenters. The number of nitrogens with zero attached hydrogens (tertiary/aromatic N) is 2. The molecule has 0 spiro atoms. The second-order valence-electron chi connectivity index (χ2n) is 4.89. The fourth-order valence-electron chi connectivity index (χ4n) is 2.15. The van der Waals surface area contributed by atoms with Gasteiger partial charge >= 0.3 is 0 Å². The molecule has 0 aliphatic rings. The van der Waals surface area contributed by atoms with Crippen molar-refractivity contribution in [2.45, 2.75) is 20.3 Å². The topological polar surface area (TPSA) is 72.1 Å². The van der Waals surface area contributed by atoms with Crippen LogP contribution in [0, 0.1) is 0 Å². The van der Waals surface area contributed by atoms with Gasteiger partial charge in [-0.15, -0.1) is 0 Å². The molecular weight excluding hydrogens is 280 g/mol. The minimum atomic E-state index is 0.374. The zero-order valence-electron chi connectivity index (χ0n) is 14.1. The number of ether oxygens (including phenoxy) is 2. The molecule has 1 aromatic rings. The Bertz CT molecular complexity index is 477. The van der Waals surface area contributed by atoms with Gasteiger partial charge in [0.05, 0.1) is 26.5 Å². The number of methoxy groups -OCH3 is 2. The monoisotopic (exact) mass is 308 g/mol. The van der Waals surface area contributed by atoms with Gasteiger partial charge < -0.3 is 25.4 Å². The molecule has 1 rings (SSSR count). The van der Waals surface area contributed by atoms with E-state index >= 15 is 0 Å². The van der Waals surface area contributed by atoms with Gasteiger partial charge in [-0.2, -0.15) is 0 Å². The molecule has 0 aliphatic carbocycles. The Balaban J connectivity index is 2.63. The molecule has 124 valence electrons. The van der Waals surface area contributed by atoms with Crippen LogP contribution < -0.4 is 20.5 Å². The molecule has 0 saturated heterocycles. The Morgan fingerprint density at radius 1 is 1.23 bits per heavy atom. The smallest absolute Gasteiger partial charge is 0.193 e. The predicted octanol–water partition coefficient (Wildman–Crippen LogP) is 2.16. The van der Waals surface area contributed by atoms with E-state index in [0.29, 0.717) is 18.3 Å². The molecular formula is C16H28N4O2. The van der Waals surface area contributed by atoms with Crippen LogP contribution >= 0.6 is 0 Å². The number of anilines is 1. The fourth-order valence-corrected chi connectivity index (χ4v) is 2.15. The predicted molar refractivity (Wildman–Crippen MR) is 92.1 cm³/mol. The number of nitrogens with one attached hydrogen (secondary N) is 1. The molecule has 0 saturated carbocycles. The zero-order valence-corrected chi connectivity index (χ0v) is 14.1. The van der Waals surface area contributed by atoms with Crippen molar-refractivity contribution in [3.8, 4) is 11.5 Å². The number of guanidine groups is 1. The van der Waals surface area contributed by atoms with Crippen LogP contribution in [0.2, 0.25) is 0 Å². The number of likely N-dealkylation sites (N-methyl/N-ethyl adjacent to an activating group) is 1. The SMILES string of the molecule is CCCN(CC)CCN=C(N)Nc1cc(OC)ccc1OC. The highest BCUT2D eigenvalue weighted by molar-refractivity contribution is 5.94. The Morgan fingerprint density at radius 2 is 2.00 bits per heavy atom. The summed E-state index contributed by atoms with van der Waals surface area (Å²) in [5, 5.41) is 3.06. The van der Waals surface area contributed by atoms with E-state index in [9.17, 15) is 0 Å². The van der Waals surface area contributed by atoms with E-state index in [2.05, 4.69) is 29.1 Å². The van der Waals surface area contributed by atoms with Crippen LogP contribution in [0.3, 0.4) is 0 Å². The average Bonchev–Trinajstić information content (AvgIpc) is 2.53. The van der Waals surface area contributed by atoms with Crippen LogP contribution in [-0.2, 0) is 0 Å². The molecule has 0 radical (unpaired) electrons. The number of benzene rings is 1. The first-order valence-electron chi connectivity index (χ1n) is 7.65. The summed E-state index contributed by atoms with van der Waals surface area (Å²) < 4.78 is 10.5. The molecule has 1 aromatic carbocycles. The summed E-state index contributed by atoms with van der Waals surface area (Å²) in [6, 6.07) is 5.49. The number of aliphatic imine (C=N–C) groups is 1. The quantitative estimate of drug-likeness (QED) is 0.540. The molecule has 0 aromatic heterocycles. The molecule has 0 atom stereocenters. The lowest BCUT2D eigenvalue weighted by atomic mass is 10.2. The van der Waals surface area contributed by atoms with Crippen LogP contribution in [0.4, 0.5) is 5.69 Å². The van der Waals surface area contributed by atoms with Crippen molar-refractivity contribution in [3.05, 3.63) is 18.2 Å². The van der Waals surface area contributed by atoms with Crippen molar-refractivity contribution >= 4 is 11.6 Å². The number of hydrogen-bond acceptors (Lipinski definition) is 4. The molecule has 0 bridgehead atoms. The minimum absolute atomic E-state index is 0.374. The maximum atomic E-state index is 5.95. The molecule has 22 heavy (non-hydrogen) atoms. The van der Waals surface area contributed by atoms with Crippen molar-refractivity contribution in [1.82, 2.24) is 4.90 Å². The Hall–Kier alpha value is -1.95. The number of rotatable bonds is 9. The molecule has 0 heterocycles.